The number of benzene rings is 1. The topological polar surface area (TPSA) is 68.6 Å². The van der Waals surface area contributed by atoms with Gasteiger partial charge in [0.05, 0.1) is 27.0 Å². The third-order valence-electron chi connectivity index (χ3n) is 3.81. The van der Waals surface area contributed by atoms with E-state index in [1.807, 2.05) is 49.6 Å². The second kappa shape index (κ2) is 9.08. The molecule has 1 N–H and O–H groups in total. The fraction of sp³-hybridized carbons (Fsp3) is 0.444. The number of nitrogens with one attached hydrogen (secondary N) is 1. The van der Waals surface area contributed by atoms with Crippen LogP contribution < -0.4 is 14.8 Å². The van der Waals surface area contributed by atoms with E-state index in [2.05, 4.69) is 10.4 Å². The van der Waals surface area contributed by atoms with Gasteiger partial charge in [0, 0.05) is 31.9 Å². The number of amides is 1. The van der Waals surface area contributed by atoms with E-state index in [9.17, 15) is 4.79 Å². The Bertz CT molecular complexity index is 699. The lowest BCUT2D eigenvalue weighted by Gasteiger charge is -2.15. The van der Waals surface area contributed by atoms with Gasteiger partial charge in [-0.3, -0.25) is 14.4 Å². The lowest BCUT2D eigenvalue weighted by atomic mass is 10.1. The van der Waals surface area contributed by atoms with Gasteiger partial charge in [0.1, 0.15) is 0 Å². The monoisotopic (exact) mass is 346 g/mol. The van der Waals surface area contributed by atoms with Gasteiger partial charge in [-0.1, -0.05) is 6.07 Å². The van der Waals surface area contributed by atoms with Crippen molar-refractivity contribution in [3.63, 3.8) is 0 Å². The van der Waals surface area contributed by atoms with Crippen molar-refractivity contribution in [2.75, 3.05) is 34.4 Å². The maximum atomic E-state index is 12.0. The predicted molar refractivity (Wildman–Crippen MR) is 95.8 cm³/mol. The van der Waals surface area contributed by atoms with Gasteiger partial charge in [0.25, 0.3) is 0 Å². The molecular formula is C18H26N4O3. The van der Waals surface area contributed by atoms with Gasteiger partial charge in [-0.2, -0.15) is 5.10 Å². The molecule has 0 aliphatic heterocycles. The standard InChI is InChI=1S/C18H26N4O3/c1-21(11-15-10-20-22(2)12-15)13-18(23)19-8-7-14-5-6-16(24-3)17(9-14)25-4/h5-6,9-10,12H,7-8,11,13H2,1-4H3,(H,19,23). The molecule has 0 bridgehead atoms. The maximum Gasteiger partial charge on any atom is 0.234 e. The molecule has 2 aromatic rings. The average Bonchev–Trinajstić information content (AvgIpc) is 2.99. The molecule has 0 aliphatic carbocycles. The molecule has 1 amide bonds. The van der Waals surface area contributed by atoms with E-state index in [0.29, 0.717) is 31.1 Å². The number of hydrogen-bond acceptors (Lipinski definition) is 5. The van der Waals surface area contributed by atoms with Gasteiger partial charge in [0.2, 0.25) is 5.91 Å². The summed E-state index contributed by atoms with van der Waals surface area (Å²) >= 11 is 0. The number of carbonyl (C=O) groups excluding carboxylic acids is 1. The third kappa shape index (κ3) is 5.79. The minimum absolute atomic E-state index is 0.00636. The first kappa shape index (κ1) is 18.8. The molecule has 2 rings (SSSR count). The number of hydrogen-bond donors (Lipinski definition) is 1. The second-order valence-electron chi connectivity index (χ2n) is 5.98. The average molecular weight is 346 g/mol. The van der Waals surface area contributed by atoms with Gasteiger partial charge in [-0.05, 0) is 31.2 Å². The molecule has 0 saturated carbocycles. The fourth-order valence-corrected chi connectivity index (χ4v) is 2.60. The minimum Gasteiger partial charge on any atom is -0.493 e. The quantitative estimate of drug-likeness (QED) is 0.740. The first-order valence-corrected chi connectivity index (χ1v) is 8.15. The number of aryl methyl sites for hydroxylation is 1. The molecule has 1 heterocycles. The van der Waals surface area contributed by atoms with Crippen molar-refractivity contribution >= 4 is 5.91 Å². The van der Waals surface area contributed by atoms with Crippen molar-refractivity contribution < 1.29 is 14.3 Å². The Balaban J connectivity index is 1.74. The van der Waals surface area contributed by atoms with Crippen molar-refractivity contribution in [1.29, 1.82) is 0 Å². The van der Waals surface area contributed by atoms with Crippen molar-refractivity contribution in [3.05, 3.63) is 41.7 Å². The van der Waals surface area contributed by atoms with E-state index in [1.165, 1.54) is 0 Å². The third-order valence-corrected chi connectivity index (χ3v) is 3.81. The van der Waals surface area contributed by atoms with E-state index >= 15 is 0 Å². The van der Waals surface area contributed by atoms with E-state index in [0.717, 1.165) is 17.5 Å². The van der Waals surface area contributed by atoms with Crippen LogP contribution >= 0.6 is 0 Å². The Labute approximate surface area is 148 Å². The summed E-state index contributed by atoms with van der Waals surface area (Å²) in [5.41, 5.74) is 2.17. The number of rotatable bonds is 9. The Morgan fingerprint density at radius 2 is 2.00 bits per heavy atom. The molecule has 136 valence electrons. The zero-order valence-corrected chi connectivity index (χ0v) is 15.3. The summed E-state index contributed by atoms with van der Waals surface area (Å²) < 4.78 is 12.3. The molecule has 1 aromatic heterocycles. The number of aromatic nitrogens is 2. The number of nitrogens with zero attached hydrogens (tertiary/aromatic N) is 3. The van der Waals surface area contributed by atoms with E-state index in [4.69, 9.17) is 9.47 Å². The summed E-state index contributed by atoms with van der Waals surface area (Å²) in [6.07, 6.45) is 4.50. The lowest BCUT2D eigenvalue weighted by Crippen LogP contribution is -2.35. The van der Waals surface area contributed by atoms with Crippen molar-refractivity contribution in [2.45, 2.75) is 13.0 Å². The van der Waals surface area contributed by atoms with Crippen LogP contribution in [0.4, 0.5) is 0 Å². The molecule has 25 heavy (non-hydrogen) atoms. The van der Waals surface area contributed by atoms with Crippen molar-refractivity contribution in [2.24, 2.45) is 7.05 Å². The van der Waals surface area contributed by atoms with Gasteiger partial charge >= 0.3 is 0 Å². The van der Waals surface area contributed by atoms with Gasteiger partial charge < -0.3 is 14.8 Å². The molecule has 0 aliphatic rings. The van der Waals surface area contributed by atoms with Crippen LogP contribution in [-0.4, -0.2) is 54.9 Å². The molecular weight excluding hydrogens is 320 g/mol. The molecule has 7 nitrogen and oxygen atoms in total. The fourth-order valence-electron chi connectivity index (χ4n) is 2.60. The van der Waals surface area contributed by atoms with E-state index < -0.39 is 0 Å². The predicted octanol–water partition coefficient (Wildman–Crippen LogP) is 1.23. The highest BCUT2D eigenvalue weighted by Crippen LogP contribution is 2.27. The smallest absolute Gasteiger partial charge is 0.234 e. The van der Waals surface area contributed by atoms with Gasteiger partial charge in [-0.15, -0.1) is 0 Å². The summed E-state index contributed by atoms with van der Waals surface area (Å²) in [6.45, 7) is 1.62. The number of ether oxygens (including phenoxy) is 2. The summed E-state index contributed by atoms with van der Waals surface area (Å²) in [4.78, 5) is 14.0. The Hall–Kier alpha value is -2.54. The van der Waals surface area contributed by atoms with Crippen LogP contribution in [0.25, 0.3) is 0 Å². The lowest BCUT2D eigenvalue weighted by molar-refractivity contribution is -0.122. The first-order valence-electron chi connectivity index (χ1n) is 8.15. The zero-order valence-electron chi connectivity index (χ0n) is 15.3. The zero-order chi connectivity index (χ0) is 18.2. The first-order chi connectivity index (χ1) is 12.0. The molecule has 0 spiro atoms. The molecule has 0 radical (unpaired) electrons. The van der Waals surface area contributed by atoms with Crippen LogP contribution in [0.2, 0.25) is 0 Å². The second-order valence-corrected chi connectivity index (χ2v) is 5.98. The van der Waals surface area contributed by atoms with Crippen LogP contribution in [0.3, 0.4) is 0 Å². The highest BCUT2D eigenvalue weighted by molar-refractivity contribution is 5.77. The minimum atomic E-state index is 0.00636. The van der Waals surface area contributed by atoms with Crippen LogP contribution in [-0.2, 0) is 24.8 Å². The molecule has 1 aromatic carbocycles. The Morgan fingerprint density at radius 3 is 2.64 bits per heavy atom. The summed E-state index contributed by atoms with van der Waals surface area (Å²) in [6, 6.07) is 5.78. The largest absolute Gasteiger partial charge is 0.493 e. The van der Waals surface area contributed by atoms with E-state index in [1.54, 1.807) is 18.9 Å². The molecule has 0 atom stereocenters. The maximum absolute atomic E-state index is 12.0. The number of methoxy groups -OCH3 is 2. The van der Waals surface area contributed by atoms with Crippen LogP contribution in [0.5, 0.6) is 11.5 Å². The number of likely N-dealkylation sites (N-methyl/N-ethyl adjacent to an activating group) is 1. The van der Waals surface area contributed by atoms with Crippen molar-refractivity contribution in [1.82, 2.24) is 20.0 Å². The van der Waals surface area contributed by atoms with Crippen LogP contribution in [0, 0.1) is 0 Å². The molecule has 0 unspecified atom stereocenters. The van der Waals surface area contributed by atoms with Crippen LogP contribution in [0.15, 0.2) is 30.6 Å². The molecule has 7 heteroatoms. The summed E-state index contributed by atoms with van der Waals surface area (Å²) in [7, 11) is 7.02. The Morgan fingerprint density at radius 1 is 1.24 bits per heavy atom. The molecule has 0 fully saturated rings. The van der Waals surface area contributed by atoms with Crippen molar-refractivity contribution in [3.8, 4) is 11.5 Å². The van der Waals surface area contributed by atoms with Crippen LogP contribution in [0.1, 0.15) is 11.1 Å². The van der Waals surface area contributed by atoms with Gasteiger partial charge in [0.15, 0.2) is 11.5 Å². The SMILES string of the molecule is COc1ccc(CCNC(=O)CN(C)Cc2cnn(C)c2)cc1OC. The van der Waals surface area contributed by atoms with E-state index in [-0.39, 0.29) is 5.91 Å². The highest BCUT2D eigenvalue weighted by Gasteiger charge is 2.09. The highest BCUT2D eigenvalue weighted by atomic mass is 16.5. The molecule has 0 saturated heterocycles. The normalized spacial score (nSPS) is 10.8. The Kier molecular flexibility index (Phi) is 6.82. The summed E-state index contributed by atoms with van der Waals surface area (Å²) in [5, 5.41) is 7.07. The summed E-state index contributed by atoms with van der Waals surface area (Å²) in [5.74, 6) is 1.40. The number of carbonyl (C=O) groups is 1. The van der Waals surface area contributed by atoms with Gasteiger partial charge in [-0.25, -0.2) is 0 Å².